The second-order valence-corrected chi connectivity index (χ2v) is 5.72. The van der Waals surface area contributed by atoms with Crippen LogP contribution in [0.5, 0.6) is 0 Å². The lowest BCUT2D eigenvalue weighted by atomic mass is 10.1. The van der Waals surface area contributed by atoms with E-state index < -0.39 is 0 Å². The molecular formula is C15H29N3O. The predicted octanol–water partition coefficient (Wildman–Crippen LogP) is 2.25. The Morgan fingerprint density at radius 2 is 2.05 bits per heavy atom. The van der Waals surface area contributed by atoms with Crippen molar-refractivity contribution in [2.75, 3.05) is 26.7 Å². The maximum absolute atomic E-state index is 5.70. The van der Waals surface area contributed by atoms with Crippen molar-refractivity contribution in [3.05, 3.63) is 0 Å². The van der Waals surface area contributed by atoms with E-state index in [0.29, 0.717) is 12.1 Å². The van der Waals surface area contributed by atoms with Crippen LogP contribution in [0.4, 0.5) is 0 Å². The minimum Gasteiger partial charge on any atom is -0.378 e. The SMILES string of the molecule is CCCC1CC1NC(=NC)N1CCC(OCC)CC1. The van der Waals surface area contributed by atoms with E-state index in [-0.39, 0.29) is 0 Å². The summed E-state index contributed by atoms with van der Waals surface area (Å²) in [5.41, 5.74) is 0. The van der Waals surface area contributed by atoms with Gasteiger partial charge in [-0.05, 0) is 38.5 Å². The topological polar surface area (TPSA) is 36.9 Å². The normalized spacial score (nSPS) is 28.6. The van der Waals surface area contributed by atoms with Crippen LogP contribution in [0.25, 0.3) is 0 Å². The molecule has 0 bridgehead atoms. The molecule has 0 radical (unpaired) electrons. The Bertz CT molecular complexity index is 298. The highest BCUT2D eigenvalue weighted by Crippen LogP contribution is 2.34. The summed E-state index contributed by atoms with van der Waals surface area (Å²) >= 11 is 0. The summed E-state index contributed by atoms with van der Waals surface area (Å²) in [5, 5.41) is 3.63. The van der Waals surface area contributed by atoms with E-state index in [1.54, 1.807) is 0 Å². The summed E-state index contributed by atoms with van der Waals surface area (Å²) in [6.45, 7) is 7.31. The van der Waals surface area contributed by atoms with Crippen LogP contribution in [0, 0.1) is 5.92 Å². The van der Waals surface area contributed by atoms with Crippen LogP contribution in [0.15, 0.2) is 4.99 Å². The summed E-state index contributed by atoms with van der Waals surface area (Å²) in [6.07, 6.45) is 6.66. The first kappa shape index (κ1) is 14.6. The molecule has 1 N–H and O–H groups in total. The molecule has 1 aliphatic heterocycles. The minimum atomic E-state index is 0.452. The number of nitrogens with zero attached hydrogens (tertiary/aromatic N) is 2. The Labute approximate surface area is 117 Å². The molecular weight excluding hydrogens is 238 g/mol. The number of piperidine rings is 1. The zero-order valence-corrected chi connectivity index (χ0v) is 12.7. The van der Waals surface area contributed by atoms with Gasteiger partial charge in [0.1, 0.15) is 0 Å². The number of rotatable bonds is 5. The lowest BCUT2D eigenvalue weighted by Gasteiger charge is -2.34. The van der Waals surface area contributed by atoms with Gasteiger partial charge in [0.15, 0.2) is 5.96 Å². The Hall–Kier alpha value is -0.770. The molecule has 19 heavy (non-hydrogen) atoms. The third kappa shape index (κ3) is 4.10. The Balaban J connectivity index is 1.74. The number of hydrogen-bond acceptors (Lipinski definition) is 2. The molecule has 1 saturated heterocycles. The van der Waals surface area contributed by atoms with Crippen LogP contribution >= 0.6 is 0 Å². The lowest BCUT2D eigenvalue weighted by molar-refractivity contribution is 0.0263. The van der Waals surface area contributed by atoms with Gasteiger partial charge in [-0.1, -0.05) is 13.3 Å². The summed E-state index contributed by atoms with van der Waals surface area (Å²) in [4.78, 5) is 6.83. The summed E-state index contributed by atoms with van der Waals surface area (Å²) in [5.74, 6) is 1.97. The molecule has 0 spiro atoms. The van der Waals surface area contributed by atoms with Gasteiger partial charge in [0.05, 0.1) is 6.10 Å². The number of guanidine groups is 1. The van der Waals surface area contributed by atoms with Crippen molar-refractivity contribution in [3.8, 4) is 0 Å². The number of nitrogens with one attached hydrogen (secondary N) is 1. The highest BCUT2D eigenvalue weighted by molar-refractivity contribution is 5.80. The molecule has 110 valence electrons. The monoisotopic (exact) mass is 267 g/mol. The number of likely N-dealkylation sites (tertiary alicyclic amines) is 1. The van der Waals surface area contributed by atoms with Gasteiger partial charge in [0.2, 0.25) is 0 Å². The molecule has 0 aromatic heterocycles. The molecule has 1 heterocycles. The molecule has 2 rings (SSSR count). The second-order valence-electron chi connectivity index (χ2n) is 5.72. The molecule has 0 aromatic rings. The van der Waals surface area contributed by atoms with Gasteiger partial charge in [-0.25, -0.2) is 0 Å². The van der Waals surface area contributed by atoms with Crippen LogP contribution in [0.3, 0.4) is 0 Å². The average molecular weight is 267 g/mol. The number of hydrogen-bond donors (Lipinski definition) is 1. The van der Waals surface area contributed by atoms with Crippen LogP contribution in [0.2, 0.25) is 0 Å². The molecule has 1 saturated carbocycles. The quantitative estimate of drug-likeness (QED) is 0.613. The fourth-order valence-electron chi connectivity index (χ4n) is 3.05. The molecule has 4 nitrogen and oxygen atoms in total. The minimum absolute atomic E-state index is 0.452. The standard InChI is InChI=1S/C15H29N3O/c1-4-6-12-11-14(12)17-15(16-3)18-9-7-13(8-10-18)19-5-2/h12-14H,4-11H2,1-3H3,(H,16,17). The van der Waals surface area contributed by atoms with E-state index in [9.17, 15) is 0 Å². The van der Waals surface area contributed by atoms with Gasteiger partial charge in [0.25, 0.3) is 0 Å². The summed E-state index contributed by atoms with van der Waals surface area (Å²) < 4.78 is 5.70. The van der Waals surface area contributed by atoms with Crippen LogP contribution in [0.1, 0.15) is 46.0 Å². The molecule has 0 amide bonds. The lowest BCUT2D eigenvalue weighted by Crippen LogP contribution is -2.47. The van der Waals surface area contributed by atoms with Gasteiger partial charge in [0, 0.05) is 32.8 Å². The van der Waals surface area contributed by atoms with Crippen molar-refractivity contribution in [1.82, 2.24) is 10.2 Å². The van der Waals surface area contributed by atoms with Gasteiger partial charge in [-0.3, -0.25) is 4.99 Å². The molecule has 4 heteroatoms. The molecule has 2 unspecified atom stereocenters. The van der Waals surface area contributed by atoms with Crippen molar-refractivity contribution in [3.63, 3.8) is 0 Å². The third-order valence-corrected chi connectivity index (χ3v) is 4.25. The van der Waals surface area contributed by atoms with E-state index in [4.69, 9.17) is 4.74 Å². The smallest absolute Gasteiger partial charge is 0.193 e. The first-order valence-corrected chi connectivity index (χ1v) is 7.88. The summed E-state index contributed by atoms with van der Waals surface area (Å²) in [7, 11) is 1.90. The molecule has 2 aliphatic rings. The van der Waals surface area contributed by atoms with Gasteiger partial charge >= 0.3 is 0 Å². The van der Waals surface area contributed by atoms with E-state index in [1.807, 2.05) is 7.05 Å². The van der Waals surface area contributed by atoms with E-state index in [0.717, 1.165) is 44.4 Å². The summed E-state index contributed by atoms with van der Waals surface area (Å²) in [6, 6.07) is 0.670. The Morgan fingerprint density at radius 1 is 1.32 bits per heavy atom. The van der Waals surface area contributed by atoms with Crippen molar-refractivity contribution in [1.29, 1.82) is 0 Å². The van der Waals surface area contributed by atoms with Crippen molar-refractivity contribution < 1.29 is 4.74 Å². The molecule has 2 atom stereocenters. The molecule has 2 fully saturated rings. The van der Waals surface area contributed by atoms with Crippen LogP contribution in [-0.2, 0) is 4.74 Å². The number of ether oxygens (including phenoxy) is 1. The van der Waals surface area contributed by atoms with Crippen LogP contribution in [-0.4, -0.2) is 49.7 Å². The van der Waals surface area contributed by atoms with E-state index in [1.165, 1.54) is 19.3 Å². The molecule has 0 aromatic carbocycles. The fourth-order valence-corrected chi connectivity index (χ4v) is 3.05. The average Bonchev–Trinajstić information content (AvgIpc) is 3.16. The zero-order valence-electron chi connectivity index (χ0n) is 12.7. The zero-order chi connectivity index (χ0) is 13.7. The fraction of sp³-hybridized carbons (Fsp3) is 0.933. The second kappa shape index (κ2) is 7.13. The molecule has 1 aliphatic carbocycles. The van der Waals surface area contributed by atoms with E-state index in [2.05, 4.69) is 29.1 Å². The van der Waals surface area contributed by atoms with Gasteiger partial charge in [-0.2, -0.15) is 0 Å². The highest BCUT2D eigenvalue weighted by Gasteiger charge is 2.37. The Kier molecular flexibility index (Phi) is 5.49. The van der Waals surface area contributed by atoms with Crippen molar-refractivity contribution in [2.45, 2.75) is 58.1 Å². The maximum atomic E-state index is 5.70. The first-order valence-electron chi connectivity index (χ1n) is 7.88. The first-order chi connectivity index (χ1) is 9.28. The van der Waals surface area contributed by atoms with Crippen molar-refractivity contribution >= 4 is 5.96 Å². The maximum Gasteiger partial charge on any atom is 0.193 e. The van der Waals surface area contributed by atoms with Crippen molar-refractivity contribution in [2.24, 2.45) is 10.9 Å². The van der Waals surface area contributed by atoms with E-state index >= 15 is 0 Å². The third-order valence-electron chi connectivity index (χ3n) is 4.25. The largest absolute Gasteiger partial charge is 0.378 e. The Morgan fingerprint density at radius 3 is 2.63 bits per heavy atom. The highest BCUT2D eigenvalue weighted by atomic mass is 16.5. The predicted molar refractivity (Wildman–Crippen MR) is 79.5 cm³/mol. The van der Waals surface area contributed by atoms with Gasteiger partial charge < -0.3 is 15.0 Å². The number of aliphatic imine (C=N–C) groups is 1. The van der Waals surface area contributed by atoms with Gasteiger partial charge in [-0.15, -0.1) is 0 Å². The van der Waals surface area contributed by atoms with Crippen LogP contribution < -0.4 is 5.32 Å².